The second-order valence-corrected chi connectivity index (χ2v) is 5.88. The summed E-state index contributed by atoms with van der Waals surface area (Å²) in [5, 5.41) is 7.43. The van der Waals surface area contributed by atoms with Crippen molar-refractivity contribution < 1.29 is 4.79 Å². The fraction of sp³-hybridized carbons (Fsp3) is 0.357. The molecule has 20 heavy (non-hydrogen) atoms. The molecule has 1 aliphatic heterocycles. The van der Waals surface area contributed by atoms with Crippen molar-refractivity contribution in [2.75, 3.05) is 10.7 Å². The summed E-state index contributed by atoms with van der Waals surface area (Å²) < 4.78 is 0. The molecule has 0 saturated carbocycles. The van der Waals surface area contributed by atoms with Gasteiger partial charge in [0.05, 0.1) is 5.75 Å². The topological polar surface area (TPSA) is 61.9 Å². The largest absolute Gasteiger partial charge is 0.308 e. The summed E-state index contributed by atoms with van der Waals surface area (Å²) in [5.74, 6) is 1.23. The minimum absolute atomic E-state index is 0.106. The molecular weight excluding hydrogens is 272 g/mol. The van der Waals surface area contributed by atoms with Gasteiger partial charge < -0.3 is 4.90 Å². The van der Waals surface area contributed by atoms with Gasteiger partial charge in [-0.05, 0) is 31.9 Å². The summed E-state index contributed by atoms with van der Waals surface area (Å²) in [6.45, 7) is 3.93. The maximum absolute atomic E-state index is 12.4. The SMILES string of the molecule is Cc1nc(SCC(=O)N2c3ccccc3C[C@@H]2C)n[nH]1. The van der Waals surface area contributed by atoms with Crippen molar-refractivity contribution in [1.29, 1.82) is 0 Å². The molecule has 0 spiro atoms. The lowest BCUT2D eigenvalue weighted by Crippen LogP contribution is -2.36. The molecule has 0 bridgehead atoms. The van der Waals surface area contributed by atoms with Crippen molar-refractivity contribution in [1.82, 2.24) is 15.2 Å². The first-order valence-electron chi connectivity index (χ1n) is 6.57. The van der Waals surface area contributed by atoms with Gasteiger partial charge in [-0.2, -0.15) is 0 Å². The molecule has 5 nitrogen and oxygen atoms in total. The second-order valence-electron chi connectivity index (χ2n) is 4.94. The number of aromatic nitrogens is 3. The van der Waals surface area contributed by atoms with E-state index in [0.717, 1.165) is 17.9 Å². The second kappa shape index (κ2) is 5.28. The normalized spacial score (nSPS) is 17.3. The Morgan fingerprint density at radius 3 is 3.05 bits per heavy atom. The van der Waals surface area contributed by atoms with Gasteiger partial charge in [0.1, 0.15) is 5.82 Å². The van der Waals surface area contributed by atoms with Crippen molar-refractivity contribution >= 4 is 23.4 Å². The summed E-state index contributed by atoms with van der Waals surface area (Å²) in [5.41, 5.74) is 2.28. The zero-order valence-electron chi connectivity index (χ0n) is 11.5. The molecule has 1 N–H and O–H groups in total. The number of para-hydroxylation sites is 1. The number of hydrogen-bond acceptors (Lipinski definition) is 4. The number of aromatic amines is 1. The van der Waals surface area contributed by atoms with Crippen LogP contribution in [0, 0.1) is 6.92 Å². The Balaban J connectivity index is 1.71. The highest BCUT2D eigenvalue weighted by Crippen LogP contribution is 2.32. The number of rotatable bonds is 3. The zero-order valence-corrected chi connectivity index (χ0v) is 12.3. The average Bonchev–Trinajstić information content (AvgIpc) is 2.98. The molecule has 2 aromatic rings. The highest BCUT2D eigenvalue weighted by Gasteiger charge is 2.30. The molecule has 0 fully saturated rings. The van der Waals surface area contributed by atoms with Crippen LogP contribution < -0.4 is 4.90 Å². The summed E-state index contributed by atoms with van der Waals surface area (Å²) >= 11 is 1.37. The van der Waals surface area contributed by atoms with Gasteiger partial charge in [-0.15, -0.1) is 5.10 Å². The lowest BCUT2D eigenvalue weighted by Gasteiger charge is -2.22. The molecule has 1 atom stereocenters. The number of nitrogens with zero attached hydrogens (tertiary/aromatic N) is 3. The first-order valence-corrected chi connectivity index (χ1v) is 7.55. The van der Waals surface area contributed by atoms with E-state index in [2.05, 4.69) is 28.2 Å². The summed E-state index contributed by atoms with van der Waals surface area (Å²) in [6.07, 6.45) is 0.923. The van der Waals surface area contributed by atoms with Crippen LogP contribution in [0.3, 0.4) is 0 Å². The minimum Gasteiger partial charge on any atom is -0.308 e. The lowest BCUT2D eigenvalue weighted by molar-refractivity contribution is -0.116. The molecule has 2 heterocycles. The maximum atomic E-state index is 12.4. The Hall–Kier alpha value is -1.82. The number of carbonyl (C=O) groups excluding carboxylic acids is 1. The predicted molar refractivity (Wildman–Crippen MR) is 78.9 cm³/mol. The number of carbonyl (C=O) groups is 1. The Labute approximate surface area is 121 Å². The van der Waals surface area contributed by atoms with Crippen LogP contribution in [-0.4, -0.2) is 32.9 Å². The fourth-order valence-electron chi connectivity index (χ4n) is 2.53. The van der Waals surface area contributed by atoms with E-state index in [-0.39, 0.29) is 11.9 Å². The van der Waals surface area contributed by atoms with E-state index in [1.807, 2.05) is 30.0 Å². The molecule has 1 aromatic heterocycles. The van der Waals surface area contributed by atoms with Gasteiger partial charge in [0.2, 0.25) is 11.1 Å². The van der Waals surface area contributed by atoms with Gasteiger partial charge in [-0.3, -0.25) is 9.89 Å². The number of fused-ring (bicyclic) bond motifs is 1. The molecule has 1 aliphatic rings. The third-order valence-electron chi connectivity index (χ3n) is 3.38. The fourth-order valence-corrected chi connectivity index (χ4v) is 3.23. The first kappa shape index (κ1) is 13.2. The molecule has 0 saturated heterocycles. The number of aryl methyl sites for hydroxylation is 1. The summed E-state index contributed by atoms with van der Waals surface area (Å²) in [4.78, 5) is 18.5. The molecular formula is C14H16N4OS. The van der Waals surface area contributed by atoms with Crippen molar-refractivity contribution in [3.63, 3.8) is 0 Å². The van der Waals surface area contributed by atoms with E-state index >= 15 is 0 Å². The van der Waals surface area contributed by atoms with Crippen LogP contribution in [0.25, 0.3) is 0 Å². The number of anilines is 1. The van der Waals surface area contributed by atoms with E-state index in [0.29, 0.717) is 10.9 Å². The standard InChI is InChI=1S/C14H16N4OS/c1-9-7-11-5-3-4-6-12(11)18(9)13(19)8-20-14-15-10(2)16-17-14/h3-6,9H,7-8H2,1-2H3,(H,15,16,17)/t9-/m0/s1. The van der Waals surface area contributed by atoms with Crippen LogP contribution in [0.1, 0.15) is 18.3 Å². The van der Waals surface area contributed by atoms with Gasteiger partial charge in [0, 0.05) is 11.7 Å². The monoisotopic (exact) mass is 288 g/mol. The molecule has 0 radical (unpaired) electrons. The number of nitrogens with one attached hydrogen (secondary N) is 1. The van der Waals surface area contributed by atoms with Gasteiger partial charge in [-0.25, -0.2) is 4.98 Å². The molecule has 0 aliphatic carbocycles. The zero-order chi connectivity index (χ0) is 14.1. The Kier molecular flexibility index (Phi) is 3.48. The highest BCUT2D eigenvalue weighted by atomic mass is 32.2. The number of benzene rings is 1. The van der Waals surface area contributed by atoms with E-state index in [1.54, 1.807) is 0 Å². The van der Waals surface area contributed by atoms with Crippen LogP contribution in [-0.2, 0) is 11.2 Å². The average molecular weight is 288 g/mol. The smallest absolute Gasteiger partial charge is 0.237 e. The van der Waals surface area contributed by atoms with Crippen molar-refractivity contribution in [3.8, 4) is 0 Å². The third kappa shape index (κ3) is 2.43. The predicted octanol–water partition coefficient (Wildman–Crippen LogP) is 2.18. The Morgan fingerprint density at radius 1 is 1.50 bits per heavy atom. The van der Waals surface area contributed by atoms with Gasteiger partial charge in [0.15, 0.2) is 0 Å². The summed E-state index contributed by atoms with van der Waals surface area (Å²) in [7, 11) is 0. The quantitative estimate of drug-likeness (QED) is 0.879. The molecule has 6 heteroatoms. The van der Waals surface area contributed by atoms with E-state index in [1.165, 1.54) is 17.3 Å². The van der Waals surface area contributed by atoms with Crippen LogP contribution >= 0.6 is 11.8 Å². The van der Waals surface area contributed by atoms with E-state index in [4.69, 9.17) is 0 Å². The number of H-pyrrole nitrogens is 1. The minimum atomic E-state index is 0.106. The van der Waals surface area contributed by atoms with Crippen LogP contribution in [0.15, 0.2) is 29.4 Å². The maximum Gasteiger partial charge on any atom is 0.237 e. The molecule has 1 aromatic carbocycles. The van der Waals surface area contributed by atoms with Crippen molar-refractivity contribution in [2.45, 2.75) is 31.5 Å². The third-order valence-corrected chi connectivity index (χ3v) is 4.21. The van der Waals surface area contributed by atoms with Gasteiger partial charge >= 0.3 is 0 Å². The summed E-state index contributed by atoms with van der Waals surface area (Å²) in [6, 6.07) is 8.31. The van der Waals surface area contributed by atoms with Crippen molar-refractivity contribution in [2.24, 2.45) is 0 Å². The number of thioether (sulfide) groups is 1. The highest BCUT2D eigenvalue weighted by molar-refractivity contribution is 7.99. The number of amides is 1. The molecule has 3 rings (SSSR count). The molecule has 0 unspecified atom stereocenters. The first-order chi connectivity index (χ1) is 9.65. The van der Waals surface area contributed by atoms with E-state index < -0.39 is 0 Å². The van der Waals surface area contributed by atoms with Crippen molar-refractivity contribution in [3.05, 3.63) is 35.7 Å². The molecule has 104 valence electrons. The van der Waals surface area contributed by atoms with Crippen LogP contribution in [0.5, 0.6) is 0 Å². The van der Waals surface area contributed by atoms with E-state index in [9.17, 15) is 4.79 Å². The van der Waals surface area contributed by atoms with Gasteiger partial charge in [-0.1, -0.05) is 30.0 Å². The Morgan fingerprint density at radius 2 is 2.30 bits per heavy atom. The molecule has 1 amide bonds. The number of hydrogen-bond donors (Lipinski definition) is 1. The van der Waals surface area contributed by atoms with Gasteiger partial charge in [0.25, 0.3) is 0 Å². The van der Waals surface area contributed by atoms with Crippen LogP contribution in [0.2, 0.25) is 0 Å². The van der Waals surface area contributed by atoms with Crippen LogP contribution in [0.4, 0.5) is 5.69 Å². The Bertz CT molecular complexity index is 640. The lowest BCUT2D eigenvalue weighted by atomic mass is 10.1.